The van der Waals surface area contributed by atoms with Crippen LogP contribution in [0.25, 0.3) is 0 Å². The van der Waals surface area contributed by atoms with E-state index in [0.717, 1.165) is 0 Å². The molecule has 0 fully saturated rings. The summed E-state index contributed by atoms with van der Waals surface area (Å²) in [6.45, 7) is -5.55. The second-order valence-electron chi connectivity index (χ2n) is 2.60. The van der Waals surface area contributed by atoms with Crippen molar-refractivity contribution in [2.24, 2.45) is 0 Å². The van der Waals surface area contributed by atoms with Crippen molar-refractivity contribution in [1.29, 1.82) is 0 Å². The predicted molar refractivity (Wildman–Crippen MR) is 71.9 cm³/mol. The fourth-order valence-electron chi connectivity index (χ4n) is 0.470. The molecule has 0 saturated heterocycles. The summed E-state index contributed by atoms with van der Waals surface area (Å²) in [5, 5.41) is 0. The van der Waals surface area contributed by atoms with E-state index in [1.54, 1.807) is 0 Å². The predicted octanol–water partition coefficient (Wildman–Crippen LogP) is 0.168. The Balaban J connectivity index is -0.000000188. The molecule has 0 radical (unpaired) electrons. The van der Waals surface area contributed by atoms with Gasteiger partial charge in [0.1, 0.15) is 0 Å². The van der Waals surface area contributed by atoms with Gasteiger partial charge < -0.3 is 29.4 Å². The van der Waals surface area contributed by atoms with E-state index in [9.17, 15) is 0 Å². The van der Waals surface area contributed by atoms with Gasteiger partial charge >= 0.3 is 13.4 Å². The molecule has 0 unspecified atom stereocenters. The van der Waals surface area contributed by atoms with Gasteiger partial charge in [-0.2, -0.15) is 35.9 Å². The van der Waals surface area contributed by atoms with E-state index >= 15 is 0 Å². The van der Waals surface area contributed by atoms with Crippen LogP contribution in [0.1, 0.15) is 5.56 Å². The molecule has 0 aromatic heterocycles. The van der Waals surface area contributed by atoms with Gasteiger partial charge in [0.05, 0.1) is 0 Å². The number of aryl methyl sites for hydroxylation is 1. The summed E-state index contributed by atoms with van der Waals surface area (Å²) >= 11 is 7.21. The first kappa shape index (κ1) is 24.0. The number of benzene rings is 1. The number of rotatable bonds is 0. The zero-order valence-electron chi connectivity index (χ0n) is 9.41. The number of hydrogen-bond donors (Lipinski definition) is 6. The maximum atomic E-state index is 7.56. The summed E-state index contributed by atoms with van der Waals surface area (Å²) in [6.07, 6.45) is 0. The first-order chi connectivity index (χ1) is 7.39. The molecule has 0 amide bonds. The van der Waals surface area contributed by atoms with E-state index in [0.29, 0.717) is 0 Å². The van der Waals surface area contributed by atoms with Crippen molar-refractivity contribution < 1.29 is 48.8 Å². The van der Waals surface area contributed by atoms with Gasteiger partial charge in [-0.1, -0.05) is 6.92 Å². The summed E-state index contributed by atoms with van der Waals surface area (Å²) in [4.78, 5) is 45.3. The molecule has 6 nitrogen and oxygen atoms in total. The zero-order chi connectivity index (χ0) is 14.1. The molecule has 0 spiro atoms. The summed E-state index contributed by atoms with van der Waals surface area (Å²) in [5.74, 6) is 0. The van der Waals surface area contributed by atoms with E-state index < -0.39 is 13.4 Å². The Morgan fingerprint density at radius 3 is 1.22 bits per heavy atom. The molecular formula is C7H13O6P2S2Zn-. The van der Waals surface area contributed by atoms with E-state index in [4.69, 9.17) is 29.4 Å². The molecule has 0 saturated carbocycles. The van der Waals surface area contributed by atoms with Crippen LogP contribution in [0.5, 0.6) is 0 Å². The smallest absolute Gasteiger partial charge is 0.319 e. The van der Waals surface area contributed by atoms with E-state index in [1.807, 2.05) is 24.3 Å². The van der Waals surface area contributed by atoms with Crippen LogP contribution in [0.4, 0.5) is 0 Å². The third-order valence-electron chi connectivity index (χ3n) is 0.885. The van der Waals surface area contributed by atoms with Crippen LogP contribution in [0, 0.1) is 13.0 Å². The maximum Gasteiger partial charge on any atom is 0.319 e. The first-order valence-electron chi connectivity index (χ1n) is 3.89. The van der Waals surface area contributed by atoms with Crippen molar-refractivity contribution in [3.8, 4) is 0 Å². The van der Waals surface area contributed by atoms with Crippen molar-refractivity contribution >= 4 is 37.1 Å². The summed E-state index contributed by atoms with van der Waals surface area (Å²) in [7, 11) is 0. The third-order valence-corrected chi connectivity index (χ3v) is 0.885. The van der Waals surface area contributed by atoms with Gasteiger partial charge in [0.25, 0.3) is 0 Å². The van der Waals surface area contributed by atoms with Crippen molar-refractivity contribution in [3.63, 3.8) is 0 Å². The minimum absolute atomic E-state index is 0. The van der Waals surface area contributed by atoms with Gasteiger partial charge in [-0.3, -0.25) is 0 Å². The van der Waals surface area contributed by atoms with Crippen LogP contribution in [0.15, 0.2) is 24.3 Å². The summed E-state index contributed by atoms with van der Waals surface area (Å²) in [5.41, 5.74) is 1.29. The van der Waals surface area contributed by atoms with Gasteiger partial charge in [0.15, 0.2) is 0 Å². The standard InChI is InChI=1S/C7H7.2H3O3PS.Zn/c1-7-5-3-2-4-6-7;2*1-4(2,3)5;/h3-6H,1H3;2*(H3,1,2,3,5);/q-1;;;. The van der Waals surface area contributed by atoms with E-state index in [1.165, 1.54) is 5.56 Å². The average molecular weight is 385 g/mol. The van der Waals surface area contributed by atoms with Crippen LogP contribution in [-0.2, 0) is 43.1 Å². The molecule has 1 aromatic rings. The van der Waals surface area contributed by atoms with Crippen LogP contribution >= 0.6 is 13.4 Å². The van der Waals surface area contributed by atoms with Gasteiger partial charge in [-0.15, -0.1) is 0 Å². The molecule has 0 atom stereocenters. The Morgan fingerprint density at radius 1 is 0.889 bits per heavy atom. The SMILES string of the molecule is Cc1cc[c-]cc1.OP(O)(O)=S.OP(O)(O)=S.[Zn]. The van der Waals surface area contributed by atoms with Crippen LogP contribution < -0.4 is 0 Å². The Kier molecular flexibility index (Phi) is 15.6. The Hall–Kier alpha value is 0.903. The summed E-state index contributed by atoms with van der Waals surface area (Å²) in [6, 6.07) is 10.8. The van der Waals surface area contributed by atoms with Gasteiger partial charge in [-0.25, -0.2) is 0 Å². The van der Waals surface area contributed by atoms with Gasteiger partial charge in [-0.05, 0) is 23.6 Å². The molecular weight excluding hydrogens is 372 g/mol. The Morgan fingerprint density at radius 2 is 1.11 bits per heavy atom. The second-order valence-corrected chi connectivity index (χ2v) is 7.60. The van der Waals surface area contributed by atoms with Crippen LogP contribution in [0.2, 0.25) is 0 Å². The Bertz CT molecular complexity index is 356. The van der Waals surface area contributed by atoms with Gasteiger partial charge in [0.2, 0.25) is 0 Å². The third kappa shape index (κ3) is 53.9. The maximum absolute atomic E-state index is 7.56. The fraction of sp³-hybridized carbons (Fsp3) is 0.143. The quantitative estimate of drug-likeness (QED) is 0.213. The molecule has 0 aliphatic heterocycles. The molecule has 1 rings (SSSR count). The summed E-state index contributed by atoms with van der Waals surface area (Å²) < 4.78 is 0. The minimum atomic E-state index is -3.81. The molecule has 0 aliphatic rings. The molecule has 0 heterocycles. The Labute approximate surface area is 128 Å². The average Bonchev–Trinajstić information content (AvgIpc) is 1.98. The van der Waals surface area contributed by atoms with E-state index in [-0.39, 0.29) is 19.5 Å². The molecule has 0 bridgehead atoms. The molecule has 11 heteroatoms. The van der Waals surface area contributed by atoms with Crippen molar-refractivity contribution in [1.82, 2.24) is 0 Å². The topological polar surface area (TPSA) is 121 Å². The largest absolute Gasteiger partial charge is 0.325 e. The molecule has 6 N–H and O–H groups in total. The zero-order valence-corrected chi connectivity index (χ0v) is 15.8. The first-order valence-corrected chi connectivity index (χ1v) is 9.21. The van der Waals surface area contributed by atoms with Crippen LogP contribution in [-0.4, -0.2) is 29.4 Å². The van der Waals surface area contributed by atoms with Crippen molar-refractivity contribution in [2.75, 3.05) is 0 Å². The molecule has 18 heavy (non-hydrogen) atoms. The monoisotopic (exact) mass is 383 g/mol. The number of hydrogen-bond acceptors (Lipinski definition) is 2. The molecule has 102 valence electrons. The second kappa shape index (κ2) is 11.7. The normalized spacial score (nSPS) is 9.94. The fourth-order valence-corrected chi connectivity index (χ4v) is 0.470. The van der Waals surface area contributed by atoms with Crippen LogP contribution in [0.3, 0.4) is 0 Å². The van der Waals surface area contributed by atoms with Crippen molar-refractivity contribution in [2.45, 2.75) is 6.92 Å². The molecule has 0 aliphatic carbocycles. The minimum Gasteiger partial charge on any atom is -0.325 e. The van der Waals surface area contributed by atoms with Gasteiger partial charge in [0, 0.05) is 19.5 Å². The van der Waals surface area contributed by atoms with E-state index in [2.05, 4.69) is 36.6 Å². The molecule has 1 aromatic carbocycles. The van der Waals surface area contributed by atoms with Crippen molar-refractivity contribution in [3.05, 3.63) is 35.9 Å².